The topological polar surface area (TPSA) is 41.5 Å². The molecule has 0 N–H and O–H groups in total. The van der Waals surface area contributed by atoms with Gasteiger partial charge in [0, 0.05) is 50.5 Å². The summed E-state index contributed by atoms with van der Waals surface area (Å²) in [5, 5.41) is 1.10. The SMILES string of the molecule is Fc1ccccc1N1CCN(Cc2ccc(OCc3ccccn3)c3ncccc23)CC1. The van der Waals surface area contributed by atoms with Crippen LogP contribution >= 0.6 is 0 Å². The fraction of sp³-hybridized carbons (Fsp3) is 0.231. The van der Waals surface area contributed by atoms with E-state index in [2.05, 4.69) is 31.9 Å². The smallest absolute Gasteiger partial charge is 0.146 e. The Bertz CT molecular complexity index is 1190. The quantitative estimate of drug-likeness (QED) is 0.446. The maximum atomic E-state index is 14.1. The molecule has 32 heavy (non-hydrogen) atoms. The van der Waals surface area contributed by atoms with E-state index in [1.165, 1.54) is 11.6 Å². The van der Waals surface area contributed by atoms with E-state index in [0.29, 0.717) is 12.3 Å². The van der Waals surface area contributed by atoms with Gasteiger partial charge >= 0.3 is 0 Å². The van der Waals surface area contributed by atoms with E-state index in [1.807, 2.05) is 42.5 Å². The molecule has 162 valence electrons. The molecule has 1 fully saturated rings. The molecule has 5 nitrogen and oxygen atoms in total. The highest BCUT2D eigenvalue weighted by molar-refractivity contribution is 5.87. The third kappa shape index (κ3) is 4.41. The Labute approximate surface area is 187 Å². The number of hydrogen-bond donors (Lipinski definition) is 0. The van der Waals surface area contributed by atoms with Crippen molar-refractivity contribution in [1.82, 2.24) is 14.9 Å². The molecule has 4 aromatic rings. The molecule has 0 atom stereocenters. The van der Waals surface area contributed by atoms with Crippen molar-refractivity contribution in [3.05, 3.63) is 96.2 Å². The van der Waals surface area contributed by atoms with Gasteiger partial charge in [0.2, 0.25) is 0 Å². The standard InChI is InChI=1S/C26H25FN4O/c27-23-8-1-2-9-24(23)31-16-14-30(15-17-31)18-20-10-11-25(26-22(20)7-5-13-29-26)32-19-21-6-3-4-12-28-21/h1-13H,14-19H2. The number of fused-ring (bicyclic) bond motifs is 1. The fourth-order valence-electron chi connectivity index (χ4n) is 4.19. The van der Waals surface area contributed by atoms with E-state index in [9.17, 15) is 4.39 Å². The molecule has 0 saturated carbocycles. The lowest BCUT2D eigenvalue weighted by Gasteiger charge is -2.36. The van der Waals surface area contributed by atoms with E-state index in [1.54, 1.807) is 18.5 Å². The molecule has 6 heteroatoms. The summed E-state index contributed by atoms with van der Waals surface area (Å²) in [4.78, 5) is 13.5. The van der Waals surface area contributed by atoms with Crippen LogP contribution in [0.3, 0.4) is 0 Å². The molecular formula is C26H25FN4O. The lowest BCUT2D eigenvalue weighted by atomic mass is 10.1. The molecule has 1 aliphatic heterocycles. The van der Waals surface area contributed by atoms with Crippen LogP contribution in [0.1, 0.15) is 11.3 Å². The van der Waals surface area contributed by atoms with Gasteiger partial charge in [-0.25, -0.2) is 4.39 Å². The Hall–Kier alpha value is -3.51. The Kier molecular flexibility index (Phi) is 5.94. The monoisotopic (exact) mass is 428 g/mol. The van der Waals surface area contributed by atoms with E-state index >= 15 is 0 Å². The predicted octanol–water partition coefficient (Wildman–Crippen LogP) is 4.67. The Morgan fingerprint density at radius 1 is 0.812 bits per heavy atom. The highest BCUT2D eigenvalue weighted by Crippen LogP contribution is 2.29. The number of anilines is 1. The second-order valence-electron chi connectivity index (χ2n) is 7.95. The molecule has 0 radical (unpaired) electrons. The van der Waals surface area contributed by atoms with Crippen LogP contribution in [0.15, 0.2) is 79.1 Å². The van der Waals surface area contributed by atoms with Crippen molar-refractivity contribution in [2.75, 3.05) is 31.1 Å². The first-order chi connectivity index (χ1) is 15.8. The third-order valence-corrected chi connectivity index (χ3v) is 5.88. The summed E-state index contributed by atoms with van der Waals surface area (Å²) in [6.07, 6.45) is 3.57. The summed E-state index contributed by atoms with van der Waals surface area (Å²) in [5.74, 6) is 0.610. The van der Waals surface area contributed by atoms with Gasteiger partial charge in [0.25, 0.3) is 0 Å². The summed E-state index contributed by atoms with van der Waals surface area (Å²) >= 11 is 0. The second-order valence-corrected chi connectivity index (χ2v) is 7.95. The first-order valence-corrected chi connectivity index (χ1v) is 10.9. The molecule has 3 heterocycles. The van der Waals surface area contributed by atoms with Gasteiger partial charge in [-0.1, -0.05) is 30.3 Å². The van der Waals surface area contributed by atoms with Gasteiger partial charge in [0.15, 0.2) is 0 Å². The van der Waals surface area contributed by atoms with Crippen LogP contribution in [-0.4, -0.2) is 41.0 Å². The van der Waals surface area contributed by atoms with Crippen molar-refractivity contribution < 1.29 is 9.13 Å². The summed E-state index contributed by atoms with van der Waals surface area (Å²) in [6, 6.07) is 21.0. The van der Waals surface area contributed by atoms with Crippen molar-refractivity contribution in [1.29, 1.82) is 0 Å². The van der Waals surface area contributed by atoms with Gasteiger partial charge in [-0.2, -0.15) is 0 Å². The van der Waals surface area contributed by atoms with E-state index in [-0.39, 0.29) is 5.82 Å². The van der Waals surface area contributed by atoms with Crippen molar-refractivity contribution >= 4 is 16.6 Å². The Morgan fingerprint density at radius 2 is 1.62 bits per heavy atom. The predicted molar refractivity (Wildman–Crippen MR) is 124 cm³/mol. The average Bonchev–Trinajstić information content (AvgIpc) is 2.85. The van der Waals surface area contributed by atoms with Crippen molar-refractivity contribution in [3.8, 4) is 5.75 Å². The Balaban J connectivity index is 1.28. The number of para-hydroxylation sites is 1. The zero-order chi connectivity index (χ0) is 21.8. The third-order valence-electron chi connectivity index (χ3n) is 5.88. The fourth-order valence-corrected chi connectivity index (χ4v) is 4.19. The number of nitrogens with zero attached hydrogens (tertiary/aromatic N) is 4. The first-order valence-electron chi connectivity index (χ1n) is 10.9. The molecule has 0 amide bonds. The molecule has 5 rings (SSSR count). The average molecular weight is 429 g/mol. The van der Waals surface area contributed by atoms with Gasteiger partial charge in [0.05, 0.1) is 11.4 Å². The minimum absolute atomic E-state index is 0.153. The molecule has 2 aromatic heterocycles. The summed E-state index contributed by atoms with van der Waals surface area (Å²) in [6.45, 7) is 4.62. The lowest BCUT2D eigenvalue weighted by Crippen LogP contribution is -2.46. The zero-order valence-electron chi connectivity index (χ0n) is 17.8. The Morgan fingerprint density at radius 3 is 2.44 bits per heavy atom. The number of aromatic nitrogens is 2. The lowest BCUT2D eigenvalue weighted by molar-refractivity contribution is 0.250. The van der Waals surface area contributed by atoms with Crippen LogP contribution in [0.4, 0.5) is 10.1 Å². The maximum absolute atomic E-state index is 14.1. The minimum atomic E-state index is -0.153. The van der Waals surface area contributed by atoms with Crippen LogP contribution in [0, 0.1) is 5.82 Å². The molecule has 2 aromatic carbocycles. The number of ether oxygens (including phenoxy) is 1. The second kappa shape index (κ2) is 9.32. The van der Waals surface area contributed by atoms with Crippen molar-refractivity contribution in [2.24, 2.45) is 0 Å². The number of pyridine rings is 2. The van der Waals surface area contributed by atoms with Gasteiger partial charge in [0.1, 0.15) is 23.7 Å². The highest BCUT2D eigenvalue weighted by atomic mass is 19.1. The van der Waals surface area contributed by atoms with Crippen LogP contribution in [0.5, 0.6) is 5.75 Å². The van der Waals surface area contributed by atoms with Crippen molar-refractivity contribution in [2.45, 2.75) is 13.2 Å². The summed E-state index contributed by atoms with van der Waals surface area (Å²) in [5.41, 5.74) is 3.66. The van der Waals surface area contributed by atoms with Crippen LogP contribution in [0.25, 0.3) is 10.9 Å². The molecular weight excluding hydrogens is 403 g/mol. The van der Waals surface area contributed by atoms with E-state index in [0.717, 1.165) is 55.1 Å². The van der Waals surface area contributed by atoms with E-state index < -0.39 is 0 Å². The number of hydrogen-bond acceptors (Lipinski definition) is 5. The molecule has 0 bridgehead atoms. The molecule has 1 saturated heterocycles. The minimum Gasteiger partial charge on any atom is -0.485 e. The van der Waals surface area contributed by atoms with Gasteiger partial charge in [-0.05, 0) is 42.0 Å². The number of piperazine rings is 1. The van der Waals surface area contributed by atoms with Crippen LogP contribution < -0.4 is 9.64 Å². The molecule has 0 spiro atoms. The first kappa shape index (κ1) is 20.4. The van der Waals surface area contributed by atoms with Crippen LogP contribution in [-0.2, 0) is 13.2 Å². The van der Waals surface area contributed by atoms with E-state index in [4.69, 9.17) is 4.74 Å². The van der Waals surface area contributed by atoms with Gasteiger partial charge in [-0.3, -0.25) is 14.9 Å². The molecule has 0 aliphatic carbocycles. The van der Waals surface area contributed by atoms with Crippen LogP contribution in [0.2, 0.25) is 0 Å². The summed E-state index contributed by atoms with van der Waals surface area (Å²) < 4.78 is 20.2. The maximum Gasteiger partial charge on any atom is 0.146 e. The highest BCUT2D eigenvalue weighted by Gasteiger charge is 2.20. The number of rotatable bonds is 6. The molecule has 0 unspecified atom stereocenters. The van der Waals surface area contributed by atoms with Gasteiger partial charge < -0.3 is 9.64 Å². The zero-order valence-corrected chi connectivity index (χ0v) is 17.8. The molecule has 1 aliphatic rings. The normalized spacial score (nSPS) is 14.6. The largest absolute Gasteiger partial charge is 0.485 e. The van der Waals surface area contributed by atoms with Crippen molar-refractivity contribution in [3.63, 3.8) is 0 Å². The summed E-state index contributed by atoms with van der Waals surface area (Å²) in [7, 11) is 0. The van der Waals surface area contributed by atoms with Gasteiger partial charge in [-0.15, -0.1) is 0 Å². The number of halogens is 1. The number of benzene rings is 2.